The molecule has 0 bridgehead atoms. The Balaban J connectivity index is 1.71. The molecule has 0 atom stereocenters. The maximum absolute atomic E-state index is 13.7. The number of rotatable bonds is 5. The summed E-state index contributed by atoms with van der Waals surface area (Å²) in [6.45, 7) is 3.17. The first-order valence-corrected chi connectivity index (χ1v) is 9.55. The van der Waals surface area contributed by atoms with E-state index in [4.69, 9.17) is 0 Å². The summed E-state index contributed by atoms with van der Waals surface area (Å²) in [4.78, 5) is 26.2. The SMILES string of the molecule is Cc1ccc(-n2ncc(C(=O)NCCC(=O)N3CCCCC3)c2C(F)(F)F)cc1. The van der Waals surface area contributed by atoms with Gasteiger partial charge >= 0.3 is 6.18 Å². The second kappa shape index (κ2) is 8.67. The van der Waals surface area contributed by atoms with Gasteiger partial charge in [0.25, 0.3) is 5.91 Å². The van der Waals surface area contributed by atoms with Gasteiger partial charge in [0, 0.05) is 26.1 Å². The molecule has 2 aromatic rings. The Bertz CT molecular complexity index is 869. The van der Waals surface area contributed by atoms with Crippen LogP contribution < -0.4 is 5.32 Å². The molecule has 6 nitrogen and oxygen atoms in total. The highest BCUT2D eigenvalue weighted by Gasteiger charge is 2.40. The van der Waals surface area contributed by atoms with Crippen LogP contribution in [-0.2, 0) is 11.0 Å². The van der Waals surface area contributed by atoms with Crippen molar-refractivity contribution in [1.29, 1.82) is 0 Å². The van der Waals surface area contributed by atoms with Crippen LogP contribution in [0.1, 0.15) is 47.3 Å². The zero-order valence-corrected chi connectivity index (χ0v) is 16.1. The molecule has 9 heteroatoms. The standard InChI is InChI=1S/C20H23F3N4O2/c1-14-5-7-15(8-6-14)27-18(20(21,22)23)16(13-25-27)19(29)24-10-9-17(28)26-11-3-2-4-12-26/h5-8,13H,2-4,9-12H2,1H3,(H,24,29). The van der Waals surface area contributed by atoms with Crippen molar-refractivity contribution < 1.29 is 22.8 Å². The topological polar surface area (TPSA) is 67.2 Å². The molecule has 2 heterocycles. The second-order valence-electron chi connectivity index (χ2n) is 7.10. The summed E-state index contributed by atoms with van der Waals surface area (Å²) < 4.78 is 41.7. The molecule has 156 valence electrons. The molecule has 0 spiro atoms. The van der Waals surface area contributed by atoms with Crippen molar-refractivity contribution in [1.82, 2.24) is 20.0 Å². The smallest absolute Gasteiger partial charge is 0.351 e. The molecule has 1 saturated heterocycles. The Hall–Kier alpha value is -2.84. The number of carbonyl (C=O) groups is 2. The van der Waals surface area contributed by atoms with Gasteiger partial charge in [0.15, 0.2) is 5.69 Å². The van der Waals surface area contributed by atoms with Gasteiger partial charge in [0.1, 0.15) is 0 Å². The number of halogens is 3. The van der Waals surface area contributed by atoms with Gasteiger partial charge in [0.2, 0.25) is 5.91 Å². The molecular weight excluding hydrogens is 385 g/mol. The Morgan fingerprint density at radius 2 is 1.76 bits per heavy atom. The van der Waals surface area contributed by atoms with Crippen LogP contribution >= 0.6 is 0 Å². The van der Waals surface area contributed by atoms with Gasteiger partial charge in [-0.25, -0.2) is 4.68 Å². The molecule has 0 unspecified atom stereocenters. The van der Waals surface area contributed by atoms with Gasteiger partial charge in [0.05, 0.1) is 17.4 Å². The molecule has 1 fully saturated rings. The predicted octanol–water partition coefficient (Wildman–Crippen LogP) is 3.33. The summed E-state index contributed by atoms with van der Waals surface area (Å²) in [5.74, 6) is -1.00. The molecule has 0 aliphatic carbocycles. The third-order valence-corrected chi connectivity index (χ3v) is 4.89. The lowest BCUT2D eigenvalue weighted by Crippen LogP contribution is -2.38. The van der Waals surface area contributed by atoms with E-state index in [1.807, 2.05) is 6.92 Å². The third-order valence-electron chi connectivity index (χ3n) is 4.89. The van der Waals surface area contributed by atoms with Crippen molar-refractivity contribution >= 4 is 11.8 Å². The summed E-state index contributed by atoms with van der Waals surface area (Å²) in [6.07, 6.45) is -0.816. The molecule has 3 rings (SSSR count). The Morgan fingerprint density at radius 1 is 1.10 bits per heavy atom. The minimum absolute atomic E-state index is 0.0266. The summed E-state index contributed by atoms with van der Waals surface area (Å²) in [7, 11) is 0. The maximum Gasteiger partial charge on any atom is 0.434 e. The number of hydrogen-bond donors (Lipinski definition) is 1. The first kappa shape index (κ1) is 20.9. The van der Waals surface area contributed by atoms with Gasteiger partial charge in [-0.2, -0.15) is 18.3 Å². The lowest BCUT2D eigenvalue weighted by Gasteiger charge is -2.26. The van der Waals surface area contributed by atoms with E-state index < -0.39 is 23.3 Å². The van der Waals surface area contributed by atoms with Crippen molar-refractivity contribution in [2.45, 2.75) is 38.8 Å². The van der Waals surface area contributed by atoms with Crippen LogP contribution in [0, 0.1) is 6.92 Å². The zero-order chi connectivity index (χ0) is 21.0. The van der Waals surface area contributed by atoms with E-state index in [0.717, 1.165) is 31.0 Å². The zero-order valence-electron chi connectivity index (χ0n) is 16.1. The van der Waals surface area contributed by atoms with Gasteiger partial charge in [-0.15, -0.1) is 0 Å². The molecule has 0 radical (unpaired) electrons. The monoisotopic (exact) mass is 408 g/mol. The van der Waals surface area contributed by atoms with Crippen LogP contribution in [0.25, 0.3) is 5.69 Å². The molecule has 1 aromatic heterocycles. The molecule has 1 aliphatic rings. The fraction of sp³-hybridized carbons (Fsp3) is 0.450. The van der Waals surface area contributed by atoms with E-state index in [1.165, 1.54) is 12.1 Å². The number of amides is 2. The van der Waals surface area contributed by atoms with Crippen molar-refractivity contribution in [3.8, 4) is 5.69 Å². The molecule has 29 heavy (non-hydrogen) atoms. The van der Waals surface area contributed by atoms with Crippen LogP contribution in [0.5, 0.6) is 0 Å². The third kappa shape index (κ3) is 4.96. The Morgan fingerprint density at radius 3 is 2.38 bits per heavy atom. The average molecular weight is 408 g/mol. The minimum Gasteiger partial charge on any atom is -0.351 e. The van der Waals surface area contributed by atoms with Gasteiger partial charge in [-0.3, -0.25) is 9.59 Å². The average Bonchev–Trinajstić information content (AvgIpc) is 3.15. The van der Waals surface area contributed by atoms with E-state index in [9.17, 15) is 22.8 Å². The number of likely N-dealkylation sites (tertiary alicyclic amines) is 1. The number of aromatic nitrogens is 2. The quantitative estimate of drug-likeness (QED) is 0.825. The molecular formula is C20H23F3N4O2. The fourth-order valence-electron chi connectivity index (χ4n) is 3.35. The van der Waals surface area contributed by atoms with Crippen LogP contribution in [-0.4, -0.2) is 46.1 Å². The van der Waals surface area contributed by atoms with Crippen molar-refractivity contribution in [3.05, 3.63) is 47.3 Å². The summed E-state index contributed by atoms with van der Waals surface area (Å²) in [6, 6.07) is 6.36. The number of aryl methyl sites for hydroxylation is 1. The number of carbonyl (C=O) groups excluding carboxylic acids is 2. The van der Waals surface area contributed by atoms with Crippen LogP contribution in [0.4, 0.5) is 13.2 Å². The fourth-order valence-corrected chi connectivity index (χ4v) is 3.35. The lowest BCUT2D eigenvalue weighted by molar-refractivity contribution is -0.143. The Kier molecular flexibility index (Phi) is 6.24. The van der Waals surface area contributed by atoms with Crippen molar-refractivity contribution in [2.24, 2.45) is 0 Å². The molecule has 1 N–H and O–H groups in total. The normalized spacial score (nSPS) is 14.7. The van der Waals surface area contributed by atoms with E-state index >= 15 is 0 Å². The van der Waals surface area contributed by atoms with E-state index in [0.29, 0.717) is 17.8 Å². The summed E-state index contributed by atoms with van der Waals surface area (Å²) in [5.41, 5.74) is -0.599. The first-order valence-electron chi connectivity index (χ1n) is 9.55. The number of alkyl halides is 3. The van der Waals surface area contributed by atoms with Gasteiger partial charge < -0.3 is 10.2 Å². The highest BCUT2D eigenvalue weighted by atomic mass is 19.4. The highest BCUT2D eigenvalue weighted by molar-refractivity contribution is 5.95. The van der Waals surface area contributed by atoms with E-state index in [1.54, 1.807) is 17.0 Å². The number of nitrogens with zero attached hydrogens (tertiary/aromatic N) is 3. The minimum atomic E-state index is -4.77. The van der Waals surface area contributed by atoms with Gasteiger partial charge in [-0.1, -0.05) is 17.7 Å². The first-order chi connectivity index (χ1) is 13.8. The number of nitrogens with one attached hydrogen (secondary N) is 1. The number of hydrogen-bond acceptors (Lipinski definition) is 3. The maximum atomic E-state index is 13.7. The van der Waals surface area contributed by atoms with Crippen LogP contribution in [0.2, 0.25) is 0 Å². The summed E-state index contributed by atoms with van der Waals surface area (Å²) in [5, 5.41) is 6.20. The largest absolute Gasteiger partial charge is 0.434 e. The molecule has 1 aromatic carbocycles. The summed E-state index contributed by atoms with van der Waals surface area (Å²) >= 11 is 0. The molecule has 1 aliphatic heterocycles. The van der Waals surface area contributed by atoms with E-state index in [-0.39, 0.29) is 24.6 Å². The van der Waals surface area contributed by atoms with Gasteiger partial charge in [-0.05, 0) is 38.3 Å². The second-order valence-corrected chi connectivity index (χ2v) is 7.10. The molecule has 2 amide bonds. The number of benzene rings is 1. The highest BCUT2D eigenvalue weighted by Crippen LogP contribution is 2.33. The van der Waals surface area contributed by atoms with Crippen LogP contribution in [0.15, 0.2) is 30.5 Å². The Labute approximate surface area is 166 Å². The van der Waals surface area contributed by atoms with Crippen molar-refractivity contribution in [3.63, 3.8) is 0 Å². The lowest BCUT2D eigenvalue weighted by atomic mass is 10.1. The predicted molar refractivity (Wildman–Crippen MR) is 101 cm³/mol. The van der Waals surface area contributed by atoms with Crippen molar-refractivity contribution in [2.75, 3.05) is 19.6 Å². The molecule has 0 saturated carbocycles. The number of piperidine rings is 1. The van der Waals surface area contributed by atoms with E-state index in [2.05, 4.69) is 10.4 Å². The van der Waals surface area contributed by atoms with Crippen LogP contribution in [0.3, 0.4) is 0 Å².